The van der Waals surface area contributed by atoms with E-state index < -0.39 is 58.7 Å². The molecule has 0 aromatic heterocycles. The largest absolute Gasteiger partial charge is 0.446 e. The molecule has 1 aromatic rings. The van der Waals surface area contributed by atoms with E-state index in [0.717, 1.165) is 5.56 Å². The molecule has 57 heavy (non-hydrogen) atoms. The average molecular weight is 799 g/mol. The lowest BCUT2D eigenvalue weighted by Gasteiger charge is -2.51. The van der Waals surface area contributed by atoms with Gasteiger partial charge in [-0.15, -0.1) is 0 Å². The summed E-state index contributed by atoms with van der Waals surface area (Å²) in [6.45, 7) is 20.0. The highest BCUT2D eigenvalue weighted by molar-refractivity contribution is 5.93. The van der Waals surface area contributed by atoms with Crippen molar-refractivity contribution in [3.8, 4) is 0 Å². The Morgan fingerprint density at radius 2 is 1.65 bits per heavy atom. The van der Waals surface area contributed by atoms with Crippen LogP contribution in [-0.2, 0) is 30.3 Å². The maximum Gasteiger partial charge on any atom is 0.410 e. The Balaban J connectivity index is 1.69. The minimum Gasteiger partial charge on any atom is -0.446 e. The molecule has 2 aliphatic rings. The Labute approximate surface area is 340 Å². The third kappa shape index (κ3) is 14.6. The van der Waals surface area contributed by atoms with E-state index in [4.69, 9.17) is 15.2 Å². The Morgan fingerprint density at radius 1 is 1.02 bits per heavy atom. The molecule has 320 valence electrons. The first-order valence-electron chi connectivity index (χ1n) is 20.6. The molecule has 2 fully saturated rings. The Hall–Kier alpha value is -4.17. The predicted molar refractivity (Wildman–Crippen MR) is 219 cm³/mol. The second-order valence-electron chi connectivity index (χ2n) is 18.3. The van der Waals surface area contributed by atoms with E-state index in [2.05, 4.69) is 24.5 Å². The fourth-order valence-corrected chi connectivity index (χ4v) is 7.94. The van der Waals surface area contributed by atoms with Gasteiger partial charge >= 0.3 is 12.2 Å². The average Bonchev–Trinajstić information content (AvgIpc) is 3.59. The van der Waals surface area contributed by atoms with Gasteiger partial charge in [0.15, 0.2) is 0 Å². The van der Waals surface area contributed by atoms with Crippen molar-refractivity contribution >= 4 is 29.9 Å². The highest BCUT2D eigenvalue weighted by Crippen LogP contribution is 2.38. The number of hydrogen-bond acceptors (Lipinski definition) is 9. The fraction of sp³-hybridized carbons (Fsp3) is 0.698. The molecule has 4 atom stereocenters. The summed E-state index contributed by atoms with van der Waals surface area (Å²) in [5.41, 5.74) is 4.89. The standard InChI is InChI=1S/C43H70N6O8/c1-11-47(40(54)56-33-27-42(7,8)49(55)43(9,10)28-33)23-15-19-34(36(44)50)46-37(51)35-20-16-24-48(35)38(52)31(26-30-17-13-12-14-18-30)21-22-32(25-29(2)3)45-39(53)57-41(4,5)6/h12-14,17-18,21-22,29,31-35,55H,11,15-16,19-20,23-28H2,1-10H3,(H2,44,50)(H,45,53)(H,46,51)/b22-21+/t31-,32-,34+,35+/m1/s1. The number of carbonyl (C=O) groups is 5. The number of primary amides is 1. The zero-order valence-electron chi connectivity index (χ0n) is 36.0. The number of piperidine rings is 1. The molecular formula is C43H70N6O8. The molecule has 0 radical (unpaired) electrons. The molecule has 5 amide bonds. The molecule has 3 rings (SSSR count). The van der Waals surface area contributed by atoms with Crippen LogP contribution in [-0.4, -0.2) is 111 Å². The summed E-state index contributed by atoms with van der Waals surface area (Å²) >= 11 is 0. The Bertz CT molecular complexity index is 1520. The molecule has 2 aliphatic heterocycles. The van der Waals surface area contributed by atoms with Crippen LogP contribution < -0.4 is 16.4 Å². The lowest BCUT2D eigenvalue weighted by Crippen LogP contribution is -2.61. The molecule has 5 N–H and O–H groups in total. The van der Waals surface area contributed by atoms with Crippen molar-refractivity contribution in [1.29, 1.82) is 0 Å². The topological polar surface area (TPSA) is 184 Å². The van der Waals surface area contributed by atoms with Gasteiger partial charge in [-0.05, 0) is 105 Å². The van der Waals surface area contributed by atoms with Gasteiger partial charge in [0.1, 0.15) is 23.8 Å². The molecule has 14 nitrogen and oxygen atoms in total. The molecular weight excluding hydrogens is 729 g/mol. The van der Waals surface area contributed by atoms with Gasteiger partial charge in [-0.2, -0.15) is 5.06 Å². The van der Waals surface area contributed by atoms with Crippen molar-refractivity contribution in [1.82, 2.24) is 25.5 Å². The maximum atomic E-state index is 14.3. The van der Waals surface area contributed by atoms with Gasteiger partial charge in [0, 0.05) is 43.6 Å². The highest BCUT2D eigenvalue weighted by Gasteiger charge is 2.46. The first kappa shape index (κ1) is 47.2. The molecule has 0 bridgehead atoms. The van der Waals surface area contributed by atoms with Gasteiger partial charge in [0.2, 0.25) is 17.7 Å². The van der Waals surface area contributed by atoms with Crippen LogP contribution in [0.3, 0.4) is 0 Å². The van der Waals surface area contributed by atoms with Crippen LogP contribution >= 0.6 is 0 Å². The highest BCUT2D eigenvalue weighted by atomic mass is 16.6. The van der Waals surface area contributed by atoms with Crippen LogP contribution in [0.5, 0.6) is 0 Å². The second-order valence-corrected chi connectivity index (χ2v) is 18.3. The monoisotopic (exact) mass is 799 g/mol. The van der Waals surface area contributed by atoms with Crippen LogP contribution in [0.1, 0.15) is 120 Å². The van der Waals surface area contributed by atoms with Crippen molar-refractivity contribution in [2.24, 2.45) is 17.6 Å². The number of carbonyl (C=O) groups excluding carboxylic acids is 5. The number of rotatable bonds is 17. The van der Waals surface area contributed by atoms with E-state index in [1.807, 2.05) is 77.1 Å². The van der Waals surface area contributed by atoms with E-state index in [1.54, 1.807) is 30.6 Å². The van der Waals surface area contributed by atoms with Crippen LogP contribution in [0.2, 0.25) is 0 Å². The van der Waals surface area contributed by atoms with Crippen molar-refractivity contribution in [3.63, 3.8) is 0 Å². The Kier molecular flexibility index (Phi) is 17.0. The van der Waals surface area contributed by atoms with Crippen molar-refractivity contribution in [3.05, 3.63) is 48.0 Å². The van der Waals surface area contributed by atoms with Gasteiger partial charge in [-0.1, -0.05) is 56.3 Å². The van der Waals surface area contributed by atoms with Crippen LogP contribution in [0, 0.1) is 11.8 Å². The number of amides is 5. The zero-order valence-corrected chi connectivity index (χ0v) is 36.0. The third-order valence-electron chi connectivity index (χ3n) is 10.5. The van der Waals surface area contributed by atoms with E-state index in [0.29, 0.717) is 58.0 Å². The van der Waals surface area contributed by atoms with Crippen LogP contribution in [0.4, 0.5) is 9.59 Å². The molecule has 2 saturated heterocycles. The fourth-order valence-electron chi connectivity index (χ4n) is 7.94. The van der Waals surface area contributed by atoms with Crippen molar-refractivity contribution < 1.29 is 38.7 Å². The zero-order chi connectivity index (χ0) is 42.7. The summed E-state index contributed by atoms with van der Waals surface area (Å²) in [6, 6.07) is 7.44. The van der Waals surface area contributed by atoms with Crippen molar-refractivity contribution in [2.45, 2.75) is 162 Å². The number of nitrogens with one attached hydrogen (secondary N) is 2. The number of nitrogens with zero attached hydrogens (tertiary/aromatic N) is 3. The van der Waals surface area contributed by atoms with Crippen LogP contribution in [0.25, 0.3) is 0 Å². The number of alkyl carbamates (subject to hydrolysis) is 1. The van der Waals surface area contributed by atoms with Gasteiger partial charge in [-0.25, -0.2) is 9.59 Å². The molecule has 2 heterocycles. The Morgan fingerprint density at radius 3 is 2.21 bits per heavy atom. The smallest absolute Gasteiger partial charge is 0.410 e. The normalized spacial score (nSPS) is 20.1. The second kappa shape index (κ2) is 20.5. The summed E-state index contributed by atoms with van der Waals surface area (Å²) in [5, 5.41) is 17.7. The molecule has 14 heteroatoms. The van der Waals surface area contributed by atoms with Crippen molar-refractivity contribution in [2.75, 3.05) is 19.6 Å². The summed E-state index contributed by atoms with van der Waals surface area (Å²) in [5.74, 6) is -1.77. The van der Waals surface area contributed by atoms with E-state index in [9.17, 15) is 29.2 Å². The quantitative estimate of drug-likeness (QED) is 0.138. The predicted octanol–water partition coefficient (Wildman–Crippen LogP) is 5.95. The third-order valence-corrected chi connectivity index (χ3v) is 10.5. The molecule has 0 spiro atoms. The number of hydrogen-bond donors (Lipinski definition) is 4. The van der Waals surface area contributed by atoms with Gasteiger partial charge in [0.25, 0.3) is 0 Å². The van der Waals surface area contributed by atoms with E-state index >= 15 is 0 Å². The summed E-state index contributed by atoms with van der Waals surface area (Å²) in [4.78, 5) is 69.8. The van der Waals surface area contributed by atoms with E-state index in [1.165, 1.54) is 5.06 Å². The van der Waals surface area contributed by atoms with Gasteiger partial charge < -0.3 is 40.8 Å². The molecule has 0 unspecified atom stereocenters. The maximum absolute atomic E-state index is 14.3. The van der Waals surface area contributed by atoms with E-state index in [-0.39, 0.29) is 36.9 Å². The lowest BCUT2D eigenvalue weighted by molar-refractivity contribution is -0.257. The summed E-state index contributed by atoms with van der Waals surface area (Å²) in [7, 11) is 0. The first-order valence-corrected chi connectivity index (χ1v) is 20.6. The summed E-state index contributed by atoms with van der Waals surface area (Å²) < 4.78 is 11.4. The molecule has 1 aromatic carbocycles. The van der Waals surface area contributed by atoms with Gasteiger partial charge in [-0.3, -0.25) is 14.4 Å². The number of benzene rings is 1. The summed E-state index contributed by atoms with van der Waals surface area (Å²) in [6.07, 6.45) is 5.83. The first-order chi connectivity index (χ1) is 26.5. The van der Waals surface area contributed by atoms with Crippen LogP contribution in [0.15, 0.2) is 42.5 Å². The minimum atomic E-state index is -1.00. The molecule has 0 saturated carbocycles. The number of hydroxylamine groups is 2. The minimum absolute atomic E-state index is 0.190. The SMILES string of the molecule is CCN(CCC[C@H](NC(=O)[C@@H]1CCCN1C(=O)[C@H](/C=C/[C@H](CC(C)C)NC(=O)OC(C)(C)C)Cc1ccccc1)C(N)=O)C(=O)OC1CC(C)(C)N(O)C(C)(C)C1. The lowest BCUT2D eigenvalue weighted by atomic mass is 9.80. The number of likely N-dealkylation sites (tertiary alicyclic amines) is 1. The molecule has 0 aliphatic carbocycles. The number of nitrogens with two attached hydrogens (primary N) is 1. The number of ether oxygens (including phenoxy) is 2. The van der Waals surface area contributed by atoms with Gasteiger partial charge in [0.05, 0.1) is 12.0 Å².